The highest BCUT2D eigenvalue weighted by Crippen LogP contribution is 2.34. The third-order valence-corrected chi connectivity index (χ3v) is 6.39. The first kappa shape index (κ1) is 24.9. The van der Waals surface area contributed by atoms with Crippen molar-refractivity contribution in [3.05, 3.63) is 87.9 Å². The van der Waals surface area contributed by atoms with Crippen molar-refractivity contribution in [3.63, 3.8) is 0 Å². The van der Waals surface area contributed by atoms with Gasteiger partial charge in [-0.25, -0.2) is 4.79 Å². The summed E-state index contributed by atoms with van der Waals surface area (Å²) in [5, 5.41) is 3.75. The molecule has 2 aromatic carbocycles. The number of aromatic nitrogens is 1. The number of carbonyl (C=O) groups is 2. The topological polar surface area (TPSA) is 124 Å². The molecule has 0 aliphatic rings. The quantitative estimate of drug-likeness (QED) is 0.296. The van der Waals surface area contributed by atoms with E-state index in [2.05, 4.69) is 10.3 Å². The van der Waals surface area contributed by atoms with Gasteiger partial charge in [-0.3, -0.25) is 9.59 Å². The molecule has 0 aliphatic heterocycles. The number of hydrogen-bond donors (Lipinski definition) is 2. The molecule has 0 saturated heterocycles. The second-order valence-corrected chi connectivity index (χ2v) is 8.90. The van der Waals surface area contributed by atoms with E-state index in [0.717, 1.165) is 16.5 Å². The lowest BCUT2D eigenvalue weighted by atomic mass is 10.0. The Morgan fingerprint density at radius 2 is 1.79 bits per heavy atom. The molecule has 1 unspecified atom stereocenters. The zero-order valence-electron chi connectivity index (χ0n) is 21.1. The third-order valence-electron chi connectivity index (χ3n) is 6.39. The Kier molecular flexibility index (Phi) is 6.74. The monoisotopic (exact) mass is 514 g/mol. The molecule has 2 N–H and O–H groups in total. The summed E-state index contributed by atoms with van der Waals surface area (Å²) in [5.74, 6) is 0.334. The first-order valence-corrected chi connectivity index (χ1v) is 12.0. The lowest BCUT2D eigenvalue weighted by molar-refractivity contribution is -0.145. The molecule has 0 aliphatic carbocycles. The fourth-order valence-corrected chi connectivity index (χ4v) is 4.56. The second-order valence-electron chi connectivity index (χ2n) is 8.90. The normalized spacial score (nSPS) is 12.0. The van der Waals surface area contributed by atoms with E-state index in [4.69, 9.17) is 18.3 Å². The van der Waals surface area contributed by atoms with E-state index in [9.17, 15) is 14.4 Å². The van der Waals surface area contributed by atoms with Gasteiger partial charge in [0, 0.05) is 35.2 Å². The largest absolute Gasteiger partial charge is 0.497 e. The molecule has 38 heavy (non-hydrogen) atoms. The highest BCUT2D eigenvalue weighted by molar-refractivity contribution is 5.92. The average Bonchev–Trinajstić information content (AvgIpc) is 3.49. The first-order valence-electron chi connectivity index (χ1n) is 12.0. The van der Waals surface area contributed by atoms with Gasteiger partial charge < -0.3 is 28.6 Å². The molecule has 3 aromatic heterocycles. The molecule has 0 spiro atoms. The number of fused-ring (bicyclic) bond motifs is 2. The number of nitrogens with one attached hydrogen (secondary N) is 2. The van der Waals surface area contributed by atoms with Crippen LogP contribution in [-0.4, -0.2) is 37.1 Å². The van der Waals surface area contributed by atoms with Crippen LogP contribution >= 0.6 is 0 Å². The summed E-state index contributed by atoms with van der Waals surface area (Å²) in [6.45, 7) is 1.65. The van der Waals surface area contributed by atoms with Crippen molar-refractivity contribution in [2.24, 2.45) is 0 Å². The zero-order chi connectivity index (χ0) is 26.8. The molecule has 0 saturated carbocycles. The average molecular weight is 515 g/mol. The summed E-state index contributed by atoms with van der Waals surface area (Å²) in [6.07, 6.45) is 1.85. The maximum absolute atomic E-state index is 13.3. The Morgan fingerprint density at radius 3 is 2.53 bits per heavy atom. The number of carbonyl (C=O) groups excluding carboxylic acids is 2. The Bertz CT molecular complexity index is 1690. The Labute approximate surface area is 217 Å². The fraction of sp³-hybridized carbons (Fsp3) is 0.207. The Morgan fingerprint density at radius 1 is 1.03 bits per heavy atom. The number of aryl methyl sites for hydroxylation is 1. The summed E-state index contributed by atoms with van der Waals surface area (Å²) >= 11 is 0. The maximum Gasteiger partial charge on any atom is 0.328 e. The van der Waals surface area contributed by atoms with Gasteiger partial charge in [-0.05, 0) is 42.8 Å². The van der Waals surface area contributed by atoms with E-state index in [0.29, 0.717) is 28.4 Å². The zero-order valence-corrected chi connectivity index (χ0v) is 21.1. The molecular formula is C29H26N2O7. The lowest BCUT2D eigenvalue weighted by Gasteiger charge is -2.16. The van der Waals surface area contributed by atoms with Crippen LogP contribution in [0.3, 0.4) is 0 Å². The van der Waals surface area contributed by atoms with Gasteiger partial charge in [-0.1, -0.05) is 18.2 Å². The highest BCUT2D eigenvalue weighted by atomic mass is 16.5. The van der Waals surface area contributed by atoms with Gasteiger partial charge in [-0.15, -0.1) is 0 Å². The van der Waals surface area contributed by atoms with Gasteiger partial charge in [0.05, 0.1) is 26.2 Å². The fourth-order valence-electron chi connectivity index (χ4n) is 4.56. The van der Waals surface area contributed by atoms with E-state index in [1.165, 1.54) is 13.2 Å². The minimum absolute atomic E-state index is 0.0209. The van der Waals surface area contributed by atoms with Crippen molar-refractivity contribution < 1.29 is 27.9 Å². The van der Waals surface area contributed by atoms with Gasteiger partial charge in [0.1, 0.15) is 23.3 Å². The number of hydrogen-bond acceptors (Lipinski definition) is 7. The molecule has 0 bridgehead atoms. The van der Waals surface area contributed by atoms with Crippen LogP contribution in [0.1, 0.15) is 16.9 Å². The van der Waals surface area contributed by atoms with Crippen LogP contribution < -0.4 is 15.5 Å². The van der Waals surface area contributed by atoms with E-state index in [1.54, 1.807) is 38.3 Å². The van der Waals surface area contributed by atoms with Crippen molar-refractivity contribution in [1.29, 1.82) is 0 Å². The number of amides is 1. The van der Waals surface area contributed by atoms with Gasteiger partial charge in [0.2, 0.25) is 16.9 Å². The van der Waals surface area contributed by atoms with Gasteiger partial charge in [0.15, 0.2) is 5.58 Å². The van der Waals surface area contributed by atoms with Crippen LogP contribution in [-0.2, 0) is 27.2 Å². The van der Waals surface area contributed by atoms with Crippen molar-refractivity contribution in [3.8, 4) is 17.1 Å². The van der Waals surface area contributed by atoms with Crippen LogP contribution in [0.2, 0.25) is 0 Å². The number of ether oxygens (including phenoxy) is 2. The number of H-pyrrole nitrogens is 1. The summed E-state index contributed by atoms with van der Waals surface area (Å²) < 4.78 is 22.0. The van der Waals surface area contributed by atoms with Crippen LogP contribution in [0.25, 0.3) is 33.4 Å². The predicted molar refractivity (Wildman–Crippen MR) is 141 cm³/mol. The summed E-state index contributed by atoms with van der Waals surface area (Å²) in [4.78, 5) is 41.8. The van der Waals surface area contributed by atoms with Gasteiger partial charge in [-0.2, -0.15) is 0 Å². The van der Waals surface area contributed by atoms with E-state index >= 15 is 0 Å². The molecule has 194 valence electrons. The second kappa shape index (κ2) is 10.3. The van der Waals surface area contributed by atoms with Crippen molar-refractivity contribution in [2.75, 3.05) is 14.2 Å². The third kappa shape index (κ3) is 4.78. The molecular weight excluding hydrogens is 488 g/mol. The summed E-state index contributed by atoms with van der Waals surface area (Å²) in [5.41, 5.74) is 2.70. The van der Waals surface area contributed by atoms with Crippen molar-refractivity contribution >= 4 is 33.9 Å². The number of benzene rings is 2. The van der Waals surface area contributed by atoms with Crippen molar-refractivity contribution in [2.45, 2.75) is 25.8 Å². The molecule has 5 rings (SSSR count). The molecule has 9 heteroatoms. The molecule has 0 radical (unpaired) electrons. The van der Waals surface area contributed by atoms with E-state index in [-0.39, 0.29) is 29.4 Å². The predicted octanol–water partition coefficient (Wildman–Crippen LogP) is 4.29. The van der Waals surface area contributed by atoms with Crippen molar-refractivity contribution in [1.82, 2.24) is 10.3 Å². The van der Waals surface area contributed by atoms with Gasteiger partial charge in [0.25, 0.3) is 0 Å². The standard InChI is InChI=1S/C29H26N2O7/c1-16-12-24(32)28-27(37-16)21(26(38-28)17-8-10-19(35-2)11-9-17)14-25(33)31-23(29(34)36-3)13-18-15-30-22-7-5-4-6-20(18)22/h4-12,15,23,30H,13-14H2,1-3H3,(H,31,33). The SMILES string of the molecule is COC(=O)C(Cc1c[nH]c2ccccc12)NC(=O)Cc1c(-c2ccc(OC)cc2)oc2c(=O)cc(C)oc12. The number of esters is 1. The molecule has 3 heterocycles. The van der Waals surface area contributed by atoms with Crippen LogP contribution in [0.15, 0.2) is 74.4 Å². The Balaban J connectivity index is 1.48. The summed E-state index contributed by atoms with van der Waals surface area (Å²) in [6, 6.07) is 15.1. The minimum Gasteiger partial charge on any atom is -0.497 e. The highest BCUT2D eigenvalue weighted by Gasteiger charge is 2.27. The molecule has 1 amide bonds. The number of aromatic amines is 1. The minimum atomic E-state index is -0.928. The first-order chi connectivity index (χ1) is 18.4. The van der Waals surface area contributed by atoms with Crippen LogP contribution in [0, 0.1) is 6.92 Å². The number of furan rings is 1. The van der Waals surface area contributed by atoms with E-state index < -0.39 is 17.9 Å². The van der Waals surface area contributed by atoms with Crippen LogP contribution in [0.4, 0.5) is 0 Å². The smallest absolute Gasteiger partial charge is 0.328 e. The molecule has 5 aromatic rings. The summed E-state index contributed by atoms with van der Waals surface area (Å²) in [7, 11) is 2.84. The molecule has 0 fully saturated rings. The Hall–Kier alpha value is -4.79. The van der Waals surface area contributed by atoms with E-state index in [1.807, 2.05) is 30.5 Å². The maximum atomic E-state index is 13.3. The number of rotatable bonds is 8. The molecule has 1 atom stereocenters. The lowest BCUT2D eigenvalue weighted by Crippen LogP contribution is -2.43. The number of methoxy groups -OCH3 is 2. The van der Waals surface area contributed by atoms with Crippen LogP contribution in [0.5, 0.6) is 5.75 Å². The molecule has 9 nitrogen and oxygen atoms in total. The number of para-hydroxylation sites is 1. The van der Waals surface area contributed by atoms with Gasteiger partial charge >= 0.3 is 5.97 Å².